The smallest absolute Gasteiger partial charge is 0.214 e. The molecule has 3 rings (SSSR count). The van der Waals surface area contributed by atoms with Crippen molar-refractivity contribution in [3.05, 3.63) is 29.8 Å². The zero-order valence-electron chi connectivity index (χ0n) is 12.9. The predicted molar refractivity (Wildman–Crippen MR) is 84.5 cm³/mol. The fourth-order valence-electron chi connectivity index (χ4n) is 2.91. The van der Waals surface area contributed by atoms with E-state index in [1.54, 1.807) is 0 Å². The highest BCUT2D eigenvalue weighted by molar-refractivity contribution is 7.89. The third-order valence-electron chi connectivity index (χ3n) is 4.30. The molecular weight excluding hydrogens is 302 g/mol. The van der Waals surface area contributed by atoms with Gasteiger partial charge in [0.2, 0.25) is 10.0 Å². The van der Waals surface area contributed by atoms with E-state index < -0.39 is 10.0 Å². The van der Waals surface area contributed by atoms with Crippen molar-refractivity contribution < 1.29 is 17.9 Å². The van der Waals surface area contributed by atoms with Gasteiger partial charge in [0.25, 0.3) is 0 Å². The van der Waals surface area contributed by atoms with E-state index in [0.29, 0.717) is 19.7 Å². The van der Waals surface area contributed by atoms with E-state index in [4.69, 9.17) is 9.47 Å². The first-order valence-corrected chi connectivity index (χ1v) is 9.43. The summed E-state index contributed by atoms with van der Waals surface area (Å²) in [5.41, 5.74) is 1.07. The number of para-hydroxylation sites is 1. The molecule has 122 valence electrons. The number of sulfonamides is 1. The average Bonchev–Trinajstić information content (AvgIpc) is 2.44. The molecule has 1 atom stereocenters. The molecule has 0 aromatic heterocycles. The van der Waals surface area contributed by atoms with Crippen LogP contribution in [0.15, 0.2) is 24.3 Å². The van der Waals surface area contributed by atoms with Crippen molar-refractivity contribution in [2.45, 2.75) is 25.9 Å². The molecule has 0 saturated carbocycles. The van der Waals surface area contributed by atoms with Gasteiger partial charge in [-0.25, -0.2) is 8.42 Å². The molecule has 0 spiro atoms. The highest BCUT2D eigenvalue weighted by Crippen LogP contribution is 2.25. The van der Waals surface area contributed by atoms with Crippen LogP contribution >= 0.6 is 0 Å². The van der Waals surface area contributed by atoms with Gasteiger partial charge in [-0.1, -0.05) is 18.2 Å². The first kappa shape index (κ1) is 15.8. The van der Waals surface area contributed by atoms with Crippen LogP contribution < -0.4 is 4.74 Å². The van der Waals surface area contributed by atoms with Gasteiger partial charge in [0.1, 0.15) is 11.9 Å². The normalized spacial score (nSPS) is 24.0. The fourth-order valence-corrected chi connectivity index (χ4v) is 4.77. The van der Waals surface area contributed by atoms with Crippen molar-refractivity contribution in [3.63, 3.8) is 0 Å². The maximum Gasteiger partial charge on any atom is 0.214 e. The number of nitrogens with zero attached hydrogens (tertiary/aromatic N) is 1. The highest BCUT2D eigenvalue weighted by Gasteiger charge is 2.38. The Morgan fingerprint density at radius 2 is 2.09 bits per heavy atom. The Morgan fingerprint density at radius 1 is 1.32 bits per heavy atom. The number of benzene rings is 1. The van der Waals surface area contributed by atoms with Crippen molar-refractivity contribution >= 4 is 10.0 Å². The molecule has 5 nitrogen and oxygen atoms in total. The standard InChI is InChI=1S/C16H23NO4S/c1-13-5-2-3-7-16(13)21-15-9-17(10-15)22(18,19)12-14-6-4-8-20-11-14/h2-3,5,7,14-15H,4,6,8-12H2,1H3. The van der Waals surface area contributed by atoms with Crippen molar-refractivity contribution in [2.24, 2.45) is 5.92 Å². The van der Waals surface area contributed by atoms with Gasteiger partial charge in [0.15, 0.2) is 0 Å². The second kappa shape index (κ2) is 6.56. The van der Waals surface area contributed by atoms with Gasteiger partial charge in [-0.15, -0.1) is 0 Å². The van der Waals surface area contributed by atoms with E-state index in [2.05, 4.69) is 0 Å². The lowest BCUT2D eigenvalue weighted by Crippen LogP contribution is -2.57. The predicted octanol–water partition coefficient (Wildman–Crippen LogP) is 1.81. The third-order valence-corrected chi connectivity index (χ3v) is 6.27. The van der Waals surface area contributed by atoms with Gasteiger partial charge in [-0.3, -0.25) is 0 Å². The van der Waals surface area contributed by atoms with Crippen LogP contribution in [0, 0.1) is 12.8 Å². The van der Waals surface area contributed by atoms with Gasteiger partial charge < -0.3 is 9.47 Å². The molecule has 0 N–H and O–H groups in total. The molecule has 0 bridgehead atoms. The topological polar surface area (TPSA) is 55.8 Å². The van der Waals surface area contributed by atoms with Gasteiger partial charge in [-0.2, -0.15) is 4.31 Å². The number of ether oxygens (including phenoxy) is 2. The summed E-state index contributed by atoms with van der Waals surface area (Å²) >= 11 is 0. The minimum Gasteiger partial charge on any atom is -0.487 e. The maximum atomic E-state index is 12.4. The van der Waals surface area contributed by atoms with Crippen LogP contribution in [0.4, 0.5) is 0 Å². The molecule has 2 fully saturated rings. The molecule has 2 aliphatic heterocycles. The summed E-state index contributed by atoms with van der Waals surface area (Å²) in [5, 5.41) is 0. The first-order chi connectivity index (χ1) is 10.5. The van der Waals surface area contributed by atoms with E-state index in [1.807, 2.05) is 31.2 Å². The molecular formula is C16H23NO4S. The van der Waals surface area contributed by atoms with Gasteiger partial charge >= 0.3 is 0 Å². The molecule has 1 unspecified atom stereocenters. The summed E-state index contributed by atoms with van der Waals surface area (Å²) in [4.78, 5) is 0. The Balaban J connectivity index is 1.50. The SMILES string of the molecule is Cc1ccccc1OC1CN(S(=O)(=O)CC2CCCOC2)C1. The lowest BCUT2D eigenvalue weighted by molar-refractivity contribution is 0.0584. The molecule has 22 heavy (non-hydrogen) atoms. The van der Waals surface area contributed by atoms with Gasteiger partial charge in [-0.05, 0) is 37.3 Å². The number of hydrogen-bond acceptors (Lipinski definition) is 4. The maximum absolute atomic E-state index is 12.4. The molecule has 0 amide bonds. The zero-order valence-corrected chi connectivity index (χ0v) is 13.7. The Hall–Kier alpha value is -1.11. The summed E-state index contributed by atoms with van der Waals surface area (Å²) in [5.74, 6) is 1.17. The molecule has 6 heteroatoms. The molecule has 2 aliphatic rings. The van der Waals surface area contributed by atoms with E-state index in [0.717, 1.165) is 30.8 Å². The molecule has 2 saturated heterocycles. The van der Waals surface area contributed by atoms with Crippen LogP contribution in [0.25, 0.3) is 0 Å². The Kier molecular flexibility index (Phi) is 4.70. The van der Waals surface area contributed by atoms with Crippen molar-refractivity contribution in [3.8, 4) is 5.75 Å². The van der Waals surface area contributed by atoms with Gasteiger partial charge in [0, 0.05) is 6.61 Å². The molecule has 2 heterocycles. The average molecular weight is 325 g/mol. The van der Waals surface area contributed by atoms with Crippen molar-refractivity contribution in [1.82, 2.24) is 4.31 Å². The highest BCUT2D eigenvalue weighted by atomic mass is 32.2. The summed E-state index contributed by atoms with van der Waals surface area (Å²) in [6.45, 7) is 4.21. The Bertz CT molecular complexity index is 604. The fraction of sp³-hybridized carbons (Fsp3) is 0.625. The summed E-state index contributed by atoms with van der Waals surface area (Å²) in [7, 11) is -3.19. The summed E-state index contributed by atoms with van der Waals surface area (Å²) < 4.78 is 37.5. The lowest BCUT2D eigenvalue weighted by atomic mass is 10.1. The second-order valence-corrected chi connectivity index (χ2v) is 8.20. The number of aryl methyl sites for hydroxylation is 1. The third kappa shape index (κ3) is 3.62. The monoisotopic (exact) mass is 325 g/mol. The first-order valence-electron chi connectivity index (χ1n) is 7.82. The Labute approximate surface area is 132 Å². The number of hydrogen-bond donors (Lipinski definition) is 0. The Morgan fingerprint density at radius 3 is 2.77 bits per heavy atom. The van der Waals surface area contributed by atoms with Crippen LogP contribution in [0.1, 0.15) is 18.4 Å². The van der Waals surface area contributed by atoms with Crippen LogP contribution in [0.2, 0.25) is 0 Å². The largest absolute Gasteiger partial charge is 0.487 e. The molecule has 1 aromatic carbocycles. The van der Waals surface area contributed by atoms with Crippen molar-refractivity contribution in [1.29, 1.82) is 0 Å². The van der Waals surface area contributed by atoms with E-state index in [1.165, 1.54) is 4.31 Å². The van der Waals surface area contributed by atoms with Crippen LogP contribution in [0.5, 0.6) is 5.75 Å². The summed E-state index contributed by atoms with van der Waals surface area (Å²) in [6, 6.07) is 7.81. The molecule has 1 aromatic rings. The van der Waals surface area contributed by atoms with Crippen LogP contribution in [0.3, 0.4) is 0 Å². The minimum atomic E-state index is -3.19. The molecule has 0 aliphatic carbocycles. The van der Waals surface area contributed by atoms with Crippen LogP contribution in [-0.4, -0.2) is 50.9 Å². The second-order valence-electron chi connectivity index (χ2n) is 6.18. The van der Waals surface area contributed by atoms with E-state index in [-0.39, 0.29) is 17.8 Å². The number of rotatable bonds is 5. The lowest BCUT2D eigenvalue weighted by Gasteiger charge is -2.39. The van der Waals surface area contributed by atoms with E-state index in [9.17, 15) is 8.42 Å². The molecule has 0 radical (unpaired) electrons. The summed E-state index contributed by atoms with van der Waals surface area (Å²) in [6.07, 6.45) is 1.86. The quantitative estimate of drug-likeness (QED) is 0.828. The zero-order chi connectivity index (χ0) is 15.6. The van der Waals surface area contributed by atoms with Gasteiger partial charge in [0.05, 0.1) is 25.4 Å². The minimum absolute atomic E-state index is 0.0431. The van der Waals surface area contributed by atoms with Crippen molar-refractivity contribution in [2.75, 3.05) is 32.1 Å². The van der Waals surface area contributed by atoms with Crippen LogP contribution in [-0.2, 0) is 14.8 Å². The van der Waals surface area contributed by atoms with E-state index >= 15 is 0 Å².